The van der Waals surface area contributed by atoms with Crippen LogP contribution in [0, 0.1) is 5.92 Å². The van der Waals surface area contributed by atoms with E-state index in [0.717, 1.165) is 12.8 Å². The highest BCUT2D eigenvalue weighted by molar-refractivity contribution is 5.99. The summed E-state index contributed by atoms with van der Waals surface area (Å²) in [7, 11) is 0. The minimum absolute atomic E-state index is 0.0472. The van der Waals surface area contributed by atoms with Gasteiger partial charge in [0.2, 0.25) is 0 Å². The minimum atomic E-state index is -0.0472. The lowest BCUT2D eigenvalue weighted by atomic mass is 10.1. The number of hydrogen-bond acceptors (Lipinski definition) is 2. The molecular formula is C12H16N2O. The number of anilines is 1. The first-order valence-corrected chi connectivity index (χ1v) is 5.37. The van der Waals surface area contributed by atoms with Gasteiger partial charge in [-0.15, -0.1) is 0 Å². The summed E-state index contributed by atoms with van der Waals surface area (Å²) in [5.41, 5.74) is 6.85. The maximum Gasteiger partial charge on any atom is 0.253 e. The van der Waals surface area contributed by atoms with Gasteiger partial charge in [0.05, 0.1) is 5.56 Å². The average molecular weight is 204 g/mol. The van der Waals surface area contributed by atoms with E-state index in [1.54, 1.807) is 12.1 Å². The van der Waals surface area contributed by atoms with E-state index in [9.17, 15) is 4.79 Å². The molecule has 0 heterocycles. The predicted molar refractivity (Wildman–Crippen MR) is 60.5 cm³/mol. The van der Waals surface area contributed by atoms with E-state index >= 15 is 0 Å². The number of nitrogens with one attached hydrogen (secondary N) is 1. The van der Waals surface area contributed by atoms with E-state index in [-0.39, 0.29) is 5.91 Å². The summed E-state index contributed by atoms with van der Waals surface area (Å²) < 4.78 is 0. The molecule has 1 aromatic carbocycles. The molecule has 1 saturated carbocycles. The molecule has 1 aromatic rings. The molecule has 3 N–H and O–H groups in total. The van der Waals surface area contributed by atoms with Crippen molar-refractivity contribution >= 4 is 11.6 Å². The van der Waals surface area contributed by atoms with E-state index in [4.69, 9.17) is 5.73 Å². The number of amides is 1. The van der Waals surface area contributed by atoms with Crippen LogP contribution in [0.5, 0.6) is 0 Å². The first kappa shape index (κ1) is 10.0. The molecule has 0 saturated heterocycles. The maximum atomic E-state index is 11.8. The monoisotopic (exact) mass is 204 g/mol. The highest BCUT2D eigenvalue weighted by atomic mass is 16.1. The molecule has 3 nitrogen and oxygen atoms in total. The van der Waals surface area contributed by atoms with Gasteiger partial charge in [-0.05, 0) is 24.5 Å². The molecule has 0 bridgehead atoms. The second kappa shape index (κ2) is 3.93. The molecule has 0 spiro atoms. The number of rotatable bonds is 3. The molecular weight excluding hydrogens is 188 g/mol. The third-order valence-corrected chi connectivity index (χ3v) is 2.97. The zero-order valence-corrected chi connectivity index (χ0v) is 8.86. The molecule has 1 amide bonds. The topological polar surface area (TPSA) is 55.1 Å². The van der Waals surface area contributed by atoms with Crippen molar-refractivity contribution in [1.82, 2.24) is 5.32 Å². The number of carbonyl (C=O) groups is 1. The van der Waals surface area contributed by atoms with Gasteiger partial charge in [-0.1, -0.05) is 25.5 Å². The lowest BCUT2D eigenvalue weighted by Crippen LogP contribution is -2.27. The summed E-state index contributed by atoms with van der Waals surface area (Å²) in [6, 6.07) is 7.53. The van der Waals surface area contributed by atoms with E-state index in [2.05, 4.69) is 12.2 Å². The molecule has 0 aromatic heterocycles. The molecule has 1 fully saturated rings. The van der Waals surface area contributed by atoms with Crippen molar-refractivity contribution in [1.29, 1.82) is 0 Å². The van der Waals surface area contributed by atoms with Crippen molar-refractivity contribution < 1.29 is 4.79 Å². The molecule has 3 heteroatoms. The summed E-state index contributed by atoms with van der Waals surface area (Å²) >= 11 is 0. The van der Waals surface area contributed by atoms with Crippen LogP contribution in [-0.2, 0) is 0 Å². The number of carbonyl (C=O) groups excluding carboxylic acids is 1. The second-order valence-electron chi connectivity index (χ2n) is 4.07. The summed E-state index contributed by atoms with van der Waals surface area (Å²) in [4.78, 5) is 11.8. The Kier molecular flexibility index (Phi) is 2.62. The fourth-order valence-corrected chi connectivity index (χ4v) is 1.83. The van der Waals surface area contributed by atoms with Gasteiger partial charge in [0.25, 0.3) is 5.91 Å². The van der Waals surface area contributed by atoms with Gasteiger partial charge < -0.3 is 11.1 Å². The quantitative estimate of drug-likeness (QED) is 0.737. The van der Waals surface area contributed by atoms with Crippen molar-refractivity contribution in [3.05, 3.63) is 29.8 Å². The number of benzene rings is 1. The maximum absolute atomic E-state index is 11.8. The standard InChI is InChI=1S/C12H16N2O/c1-2-8-7-11(8)14-12(15)9-5-3-4-6-10(9)13/h3-6,8,11H,2,7,13H2,1H3,(H,14,15). The third-order valence-electron chi connectivity index (χ3n) is 2.97. The largest absolute Gasteiger partial charge is 0.398 e. The van der Waals surface area contributed by atoms with Gasteiger partial charge in [0, 0.05) is 11.7 Å². The van der Waals surface area contributed by atoms with Crippen molar-refractivity contribution in [3.63, 3.8) is 0 Å². The fraction of sp³-hybridized carbons (Fsp3) is 0.417. The first-order valence-electron chi connectivity index (χ1n) is 5.37. The normalized spacial score (nSPS) is 23.5. The van der Waals surface area contributed by atoms with Crippen molar-refractivity contribution in [2.45, 2.75) is 25.8 Å². The average Bonchev–Trinajstić information content (AvgIpc) is 2.97. The predicted octanol–water partition coefficient (Wildman–Crippen LogP) is 1.80. The van der Waals surface area contributed by atoms with Gasteiger partial charge in [-0.3, -0.25) is 4.79 Å². The summed E-state index contributed by atoms with van der Waals surface area (Å²) in [6.07, 6.45) is 2.24. The van der Waals surface area contributed by atoms with Crippen molar-refractivity contribution in [2.75, 3.05) is 5.73 Å². The van der Waals surface area contributed by atoms with Crippen LogP contribution in [0.2, 0.25) is 0 Å². The Hall–Kier alpha value is -1.51. The zero-order chi connectivity index (χ0) is 10.8. The van der Waals surface area contributed by atoms with E-state index in [1.165, 1.54) is 0 Å². The Morgan fingerprint density at radius 1 is 1.53 bits per heavy atom. The van der Waals surface area contributed by atoms with Crippen LogP contribution >= 0.6 is 0 Å². The highest BCUT2D eigenvalue weighted by Crippen LogP contribution is 2.33. The summed E-state index contributed by atoms with van der Waals surface area (Å²) in [6.45, 7) is 2.15. The molecule has 0 radical (unpaired) electrons. The zero-order valence-electron chi connectivity index (χ0n) is 8.86. The van der Waals surface area contributed by atoms with Crippen LogP contribution in [0.1, 0.15) is 30.1 Å². The van der Waals surface area contributed by atoms with E-state index in [1.807, 2.05) is 12.1 Å². The lowest BCUT2D eigenvalue weighted by molar-refractivity contribution is 0.0950. The molecule has 80 valence electrons. The Labute approximate surface area is 89.7 Å². The highest BCUT2D eigenvalue weighted by Gasteiger charge is 2.36. The fourth-order valence-electron chi connectivity index (χ4n) is 1.83. The Balaban J connectivity index is 2.00. The molecule has 0 aliphatic heterocycles. The molecule has 2 unspecified atom stereocenters. The molecule has 2 atom stereocenters. The van der Waals surface area contributed by atoms with Crippen molar-refractivity contribution in [2.24, 2.45) is 5.92 Å². The van der Waals surface area contributed by atoms with Gasteiger partial charge >= 0.3 is 0 Å². The third kappa shape index (κ3) is 2.12. The molecule has 1 aliphatic carbocycles. The van der Waals surface area contributed by atoms with Gasteiger partial charge in [-0.25, -0.2) is 0 Å². The minimum Gasteiger partial charge on any atom is -0.398 e. The van der Waals surface area contributed by atoms with Gasteiger partial charge in [0.15, 0.2) is 0 Å². The summed E-state index contributed by atoms with van der Waals surface area (Å²) in [5, 5.41) is 2.99. The second-order valence-corrected chi connectivity index (χ2v) is 4.07. The first-order chi connectivity index (χ1) is 7.22. The van der Waals surface area contributed by atoms with Gasteiger partial charge in [-0.2, -0.15) is 0 Å². The number of para-hydroxylation sites is 1. The number of nitrogens with two attached hydrogens (primary N) is 1. The SMILES string of the molecule is CCC1CC1NC(=O)c1ccccc1N. The number of nitrogen functional groups attached to an aromatic ring is 1. The van der Waals surface area contributed by atoms with Crippen molar-refractivity contribution in [3.8, 4) is 0 Å². The number of hydrogen-bond donors (Lipinski definition) is 2. The summed E-state index contributed by atoms with van der Waals surface area (Å²) in [5.74, 6) is 0.618. The van der Waals surface area contributed by atoms with Crippen LogP contribution in [0.25, 0.3) is 0 Å². The lowest BCUT2D eigenvalue weighted by Gasteiger charge is -2.06. The van der Waals surface area contributed by atoms with Crippen LogP contribution in [0.15, 0.2) is 24.3 Å². The van der Waals surface area contributed by atoms with Crippen LogP contribution in [-0.4, -0.2) is 11.9 Å². The van der Waals surface area contributed by atoms with Gasteiger partial charge in [0.1, 0.15) is 0 Å². The molecule has 1 aliphatic rings. The molecule has 2 rings (SSSR count). The van der Waals surface area contributed by atoms with E-state index in [0.29, 0.717) is 23.2 Å². The van der Waals surface area contributed by atoms with Crippen LogP contribution in [0.3, 0.4) is 0 Å². The van der Waals surface area contributed by atoms with E-state index < -0.39 is 0 Å². The van der Waals surface area contributed by atoms with Crippen LogP contribution < -0.4 is 11.1 Å². The Bertz CT molecular complexity index is 376. The van der Waals surface area contributed by atoms with Crippen LogP contribution in [0.4, 0.5) is 5.69 Å². The molecule has 15 heavy (non-hydrogen) atoms. The smallest absolute Gasteiger partial charge is 0.253 e. The Morgan fingerprint density at radius 2 is 2.27 bits per heavy atom. The Morgan fingerprint density at radius 3 is 2.87 bits per heavy atom.